The second-order valence-electron chi connectivity index (χ2n) is 4.04. The van der Waals surface area contributed by atoms with Crippen LogP contribution >= 0.6 is 0 Å². The molecule has 1 aromatic rings. The van der Waals surface area contributed by atoms with E-state index < -0.39 is 0 Å². The molecule has 2 unspecified atom stereocenters. The van der Waals surface area contributed by atoms with Crippen LogP contribution in [0.25, 0.3) is 0 Å². The first kappa shape index (κ1) is 9.69. The van der Waals surface area contributed by atoms with Gasteiger partial charge in [0.05, 0.1) is 11.7 Å². The van der Waals surface area contributed by atoms with Crippen molar-refractivity contribution in [2.45, 2.75) is 32.0 Å². The van der Waals surface area contributed by atoms with Gasteiger partial charge < -0.3 is 9.47 Å². The van der Waals surface area contributed by atoms with E-state index in [1.165, 1.54) is 5.56 Å². The van der Waals surface area contributed by atoms with Gasteiger partial charge in [-0.3, -0.25) is 0 Å². The minimum Gasteiger partial charge on any atom is -0.352 e. The second kappa shape index (κ2) is 3.71. The van der Waals surface area contributed by atoms with Gasteiger partial charge in [-0.15, -0.1) is 0 Å². The van der Waals surface area contributed by atoms with E-state index in [0.717, 1.165) is 6.42 Å². The smallest absolute Gasteiger partial charge is 0.148 e. The number of hydrogen-bond acceptors (Lipinski definition) is 2. The van der Waals surface area contributed by atoms with E-state index in [-0.39, 0.29) is 11.7 Å². The van der Waals surface area contributed by atoms with Crippen LogP contribution < -0.4 is 0 Å². The Labute approximate surface area is 84.8 Å². The molecule has 1 aromatic carbocycles. The van der Waals surface area contributed by atoms with Gasteiger partial charge in [0, 0.05) is 6.42 Å². The highest BCUT2D eigenvalue weighted by molar-refractivity contribution is 5.22. The Morgan fingerprint density at radius 3 is 2.64 bits per heavy atom. The molecule has 0 aliphatic carbocycles. The molecule has 0 spiro atoms. The van der Waals surface area contributed by atoms with Crippen LogP contribution in [0, 0.1) is 0 Å². The fourth-order valence-electron chi connectivity index (χ4n) is 1.94. The van der Waals surface area contributed by atoms with E-state index in [4.69, 9.17) is 9.47 Å². The fourth-order valence-corrected chi connectivity index (χ4v) is 1.94. The molecule has 2 heteroatoms. The third kappa shape index (κ3) is 1.81. The summed E-state index contributed by atoms with van der Waals surface area (Å²) in [6.07, 6.45) is 1.19. The van der Waals surface area contributed by atoms with E-state index in [1.807, 2.05) is 18.2 Å². The lowest BCUT2D eigenvalue weighted by atomic mass is 9.89. The largest absolute Gasteiger partial charge is 0.352 e. The molecule has 1 aliphatic rings. The van der Waals surface area contributed by atoms with Gasteiger partial charge in [-0.05, 0) is 19.4 Å². The van der Waals surface area contributed by atoms with Crippen molar-refractivity contribution >= 4 is 0 Å². The molecule has 0 bridgehead atoms. The average Bonchev–Trinajstić information content (AvgIpc) is 2.19. The quantitative estimate of drug-likeness (QED) is 0.681. The molecule has 1 fully saturated rings. The summed E-state index contributed by atoms with van der Waals surface area (Å²) < 4.78 is 11.1. The standard InChI is InChI=1S/C12H16O2/c1-10-8-12(2,14-9-13-10)11-6-4-3-5-7-11/h3-7,10H,8-9H2,1-2H3. The molecule has 1 saturated heterocycles. The summed E-state index contributed by atoms with van der Waals surface area (Å²) in [6, 6.07) is 10.3. The molecule has 0 aromatic heterocycles. The Bertz CT molecular complexity index is 296. The normalized spacial score (nSPS) is 32.9. The Morgan fingerprint density at radius 1 is 1.29 bits per heavy atom. The van der Waals surface area contributed by atoms with Crippen molar-refractivity contribution in [2.75, 3.05) is 6.79 Å². The fraction of sp³-hybridized carbons (Fsp3) is 0.500. The lowest BCUT2D eigenvalue weighted by Gasteiger charge is -2.37. The SMILES string of the molecule is CC1CC(C)(c2ccccc2)OCO1. The molecule has 2 atom stereocenters. The van der Waals surface area contributed by atoms with Crippen LogP contribution in [0.4, 0.5) is 0 Å². The van der Waals surface area contributed by atoms with E-state index in [0.29, 0.717) is 6.79 Å². The maximum atomic E-state index is 5.70. The van der Waals surface area contributed by atoms with E-state index >= 15 is 0 Å². The maximum absolute atomic E-state index is 5.70. The summed E-state index contributed by atoms with van der Waals surface area (Å²) in [4.78, 5) is 0. The molecule has 14 heavy (non-hydrogen) atoms. The van der Waals surface area contributed by atoms with Crippen LogP contribution in [0.2, 0.25) is 0 Å². The molecule has 2 nitrogen and oxygen atoms in total. The summed E-state index contributed by atoms with van der Waals surface area (Å²) in [5, 5.41) is 0. The number of rotatable bonds is 1. The predicted molar refractivity (Wildman–Crippen MR) is 54.9 cm³/mol. The summed E-state index contributed by atoms with van der Waals surface area (Å²) >= 11 is 0. The van der Waals surface area contributed by atoms with Crippen molar-refractivity contribution in [1.82, 2.24) is 0 Å². The number of ether oxygens (including phenoxy) is 2. The van der Waals surface area contributed by atoms with Crippen molar-refractivity contribution < 1.29 is 9.47 Å². The van der Waals surface area contributed by atoms with Crippen LogP contribution in [0.3, 0.4) is 0 Å². The lowest BCUT2D eigenvalue weighted by molar-refractivity contribution is -0.217. The van der Waals surface area contributed by atoms with Crippen LogP contribution in [-0.4, -0.2) is 12.9 Å². The molecule has 1 aliphatic heterocycles. The highest BCUT2D eigenvalue weighted by atomic mass is 16.7. The van der Waals surface area contributed by atoms with Gasteiger partial charge in [0.1, 0.15) is 6.79 Å². The summed E-state index contributed by atoms with van der Waals surface area (Å²) in [5.74, 6) is 0. The zero-order chi connectivity index (χ0) is 10.0. The van der Waals surface area contributed by atoms with Crippen molar-refractivity contribution in [3.63, 3.8) is 0 Å². The Morgan fingerprint density at radius 2 is 2.00 bits per heavy atom. The predicted octanol–water partition coefficient (Wildman–Crippen LogP) is 2.68. The van der Waals surface area contributed by atoms with Gasteiger partial charge in [-0.1, -0.05) is 30.3 Å². The summed E-state index contributed by atoms with van der Waals surface area (Å²) in [5.41, 5.74) is 1.05. The van der Waals surface area contributed by atoms with Gasteiger partial charge in [0.2, 0.25) is 0 Å². The van der Waals surface area contributed by atoms with E-state index in [2.05, 4.69) is 26.0 Å². The highest BCUT2D eigenvalue weighted by Crippen LogP contribution is 2.33. The Hall–Kier alpha value is -0.860. The monoisotopic (exact) mass is 192 g/mol. The van der Waals surface area contributed by atoms with E-state index in [1.54, 1.807) is 0 Å². The van der Waals surface area contributed by atoms with Gasteiger partial charge in [0.15, 0.2) is 0 Å². The minimum absolute atomic E-state index is 0.182. The molecule has 76 valence electrons. The zero-order valence-electron chi connectivity index (χ0n) is 8.69. The van der Waals surface area contributed by atoms with Crippen LogP contribution in [0.5, 0.6) is 0 Å². The zero-order valence-corrected chi connectivity index (χ0v) is 8.69. The molecular weight excluding hydrogens is 176 g/mol. The third-order valence-corrected chi connectivity index (χ3v) is 2.79. The Balaban J connectivity index is 2.23. The molecule has 0 saturated carbocycles. The molecular formula is C12H16O2. The van der Waals surface area contributed by atoms with Gasteiger partial charge >= 0.3 is 0 Å². The van der Waals surface area contributed by atoms with Crippen molar-refractivity contribution in [2.24, 2.45) is 0 Å². The molecule has 2 rings (SSSR count). The van der Waals surface area contributed by atoms with Crippen molar-refractivity contribution in [3.8, 4) is 0 Å². The molecule has 0 radical (unpaired) electrons. The van der Waals surface area contributed by atoms with Gasteiger partial charge in [-0.2, -0.15) is 0 Å². The molecule has 1 heterocycles. The molecule has 0 N–H and O–H groups in total. The van der Waals surface area contributed by atoms with E-state index in [9.17, 15) is 0 Å². The van der Waals surface area contributed by atoms with Crippen LogP contribution in [0.1, 0.15) is 25.8 Å². The lowest BCUT2D eigenvalue weighted by Crippen LogP contribution is -2.37. The summed E-state index contributed by atoms with van der Waals surface area (Å²) in [6.45, 7) is 4.61. The Kier molecular flexibility index (Phi) is 2.57. The average molecular weight is 192 g/mol. The van der Waals surface area contributed by atoms with Crippen LogP contribution in [-0.2, 0) is 15.1 Å². The van der Waals surface area contributed by atoms with Gasteiger partial charge in [-0.25, -0.2) is 0 Å². The van der Waals surface area contributed by atoms with Gasteiger partial charge in [0.25, 0.3) is 0 Å². The minimum atomic E-state index is -0.182. The van der Waals surface area contributed by atoms with Crippen LogP contribution in [0.15, 0.2) is 30.3 Å². The molecule has 0 amide bonds. The first-order valence-corrected chi connectivity index (χ1v) is 5.02. The topological polar surface area (TPSA) is 18.5 Å². The number of benzene rings is 1. The highest BCUT2D eigenvalue weighted by Gasteiger charge is 2.33. The summed E-state index contributed by atoms with van der Waals surface area (Å²) in [7, 11) is 0. The first-order valence-electron chi connectivity index (χ1n) is 5.02. The van der Waals surface area contributed by atoms with Crippen molar-refractivity contribution in [3.05, 3.63) is 35.9 Å². The third-order valence-electron chi connectivity index (χ3n) is 2.79. The van der Waals surface area contributed by atoms with Crippen molar-refractivity contribution in [1.29, 1.82) is 0 Å². The first-order chi connectivity index (χ1) is 6.71. The maximum Gasteiger partial charge on any atom is 0.148 e. The number of hydrogen-bond donors (Lipinski definition) is 0. The second-order valence-corrected chi connectivity index (χ2v) is 4.04.